The molecule has 0 atom stereocenters. The lowest BCUT2D eigenvalue weighted by atomic mass is 10.0. The number of hydrogen-bond acceptors (Lipinski definition) is 5. The van der Waals surface area contributed by atoms with Crippen molar-refractivity contribution in [2.24, 2.45) is 0 Å². The van der Waals surface area contributed by atoms with E-state index in [-0.39, 0.29) is 17.9 Å². The van der Waals surface area contributed by atoms with E-state index in [0.717, 1.165) is 22.0 Å². The maximum atomic E-state index is 14.1. The number of hydrogen-bond donors (Lipinski definition) is 2. The van der Waals surface area contributed by atoms with E-state index in [1.54, 1.807) is 19.2 Å². The highest BCUT2D eigenvalue weighted by Crippen LogP contribution is 2.28. The summed E-state index contributed by atoms with van der Waals surface area (Å²) >= 11 is 0. The van der Waals surface area contributed by atoms with Gasteiger partial charge in [-0.1, -0.05) is 12.1 Å². The number of nitrogens with zero attached hydrogens (tertiary/aromatic N) is 2. The molecule has 0 aliphatic carbocycles. The van der Waals surface area contributed by atoms with Crippen LogP contribution in [0.1, 0.15) is 12.5 Å². The number of halogens is 1. The van der Waals surface area contributed by atoms with Crippen molar-refractivity contribution in [2.45, 2.75) is 13.5 Å². The van der Waals surface area contributed by atoms with Gasteiger partial charge in [0.25, 0.3) is 0 Å². The lowest BCUT2D eigenvalue weighted by Crippen LogP contribution is -2.25. The van der Waals surface area contributed by atoms with Crippen LogP contribution in [0.2, 0.25) is 0 Å². The highest BCUT2D eigenvalue weighted by Gasteiger charge is 2.11. The van der Waals surface area contributed by atoms with Gasteiger partial charge in [-0.25, -0.2) is 27.5 Å². The van der Waals surface area contributed by atoms with E-state index in [1.807, 2.05) is 18.2 Å². The molecule has 0 bridgehead atoms. The Hall–Kier alpha value is -2.58. The Morgan fingerprint density at radius 1 is 1.08 bits per heavy atom. The maximum absolute atomic E-state index is 14.1. The van der Waals surface area contributed by atoms with Crippen molar-refractivity contribution in [1.82, 2.24) is 14.7 Å². The molecule has 0 saturated carbocycles. The van der Waals surface area contributed by atoms with Gasteiger partial charge >= 0.3 is 0 Å². The molecule has 2 aromatic carbocycles. The van der Waals surface area contributed by atoms with Crippen LogP contribution in [0.3, 0.4) is 0 Å². The molecule has 136 valence electrons. The van der Waals surface area contributed by atoms with Crippen LogP contribution < -0.4 is 10.0 Å². The van der Waals surface area contributed by atoms with E-state index in [4.69, 9.17) is 0 Å². The van der Waals surface area contributed by atoms with Crippen LogP contribution in [-0.4, -0.2) is 31.2 Å². The molecule has 1 aromatic heterocycles. The number of nitrogens with one attached hydrogen (secondary N) is 2. The summed E-state index contributed by atoms with van der Waals surface area (Å²) in [5.41, 5.74) is 2.73. The molecule has 1 heterocycles. The van der Waals surface area contributed by atoms with Crippen molar-refractivity contribution in [3.63, 3.8) is 0 Å². The molecular formula is C18H19FN4O2S. The minimum atomic E-state index is -3.39. The summed E-state index contributed by atoms with van der Waals surface area (Å²) in [6, 6.07) is 10.3. The van der Waals surface area contributed by atoms with Crippen molar-refractivity contribution in [2.75, 3.05) is 18.1 Å². The first-order valence-electron chi connectivity index (χ1n) is 8.12. The summed E-state index contributed by atoms with van der Waals surface area (Å²) in [6.45, 7) is 1.44. The zero-order chi connectivity index (χ0) is 18.7. The van der Waals surface area contributed by atoms with Crippen molar-refractivity contribution in [3.05, 3.63) is 54.1 Å². The molecule has 2 N–H and O–H groups in total. The molecule has 0 saturated heterocycles. The van der Waals surface area contributed by atoms with Gasteiger partial charge in [0, 0.05) is 24.5 Å². The molecule has 0 radical (unpaired) electrons. The third-order valence-electron chi connectivity index (χ3n) is 4.11. The lowest BCUT2D eigenvalue weighted by molar-refractivity contribution is 0.575. The number of benzene rings is 2. The van der Waals surface area contributed by atoms with Crippen LogP contribution in [0.25, 0.3) is 22.0 Å². The SMILES string of the molecule is CCS(=O)(=O)NCc1cc(-c2ccc3ncnc(NC)c3c2)ccc1F. The third-order valence-corrected chi connectivity index (χ3v) is 5.46. The molecule has 0 aliphatic rings. The Balaban J connectivity index is 1.99. The molecule has 0 amide bonds. The number of anilines is 1. The summed E-state index contributed by atoms with van der Waals surface area (Å²) < 4.78 is 39.7. The van der Waals surface area contributed by atoms with Gasteiger partial charge < -0.3 is 5.32 Å². The Labute approximate surface area is 151 Å². The highest BCUT2D eigenvalue weighted by molar-refractivity contribution is 7.89. The fourth-order valence-corrected chi connectivity index (χ4v) is 3.19. The van der Waals surface area contributed by atoms with E-state index < -0.39 is 15.8 Å². The summed E-state index contributed by atoms with van der Waals surface area (Å²) in [4.78, 5) is 8.43. The maximum Gasteiger partial charge on any atom is 0.211 e. The topological polar surface area (TPSA) is 84.0 Å². The average molecular weight is 374 g/mol. The summed E-state index contributed by atoms with van der Waals surface area (Å²) in [6.07, 6.45) is 1.49. The molecule has 0 spiro atoms. The van der Waals surface area contributed by atoms with Crippen molar-refractivity contribution < 1.29 is 12.8 Å². The second kappa shape index (κ2) is 7.35. The van der Waals surface area contributed by atoms with Crippen molar-refractivity contribution in [1.29, 1.82) is 0 Å². The number of sulfonamides is 1. The Morgan fingerprint density at radius 2 is 1.81 bits per heavy atom. The van der Waals surface area contributed by atoms with E-state index in [2.05, 4.69) is 20.0 Å². The molecule has 3 rings (SSSR count). The number of aromatic nitrogens is 2. The van der Waals surface area contributed by atoms with E-state index in [1.165, 1.54) is 19.3 Å². The fourth-order valence-electron chi connectivity index (χ4n) is 2.61. The second-order valence-electron chi connectivity index (χ2n) is 5.73. The van der Waals surface area contributed by atoms with Crippen molar-refractivity contribution in [3.8, 4) is 11.1 Å². The van der Waals surface area contributed by atoms with Crippen molar-refractivity contribution >= 4 is 26.7 Å². The average Bonchev–Trinajstić information content (AvgIpc) is 2.66. The molecule has 26 heavy (non-hydrogen) atoms. The third kappa shape index (κ3) is 3.81. The van der Waals surface area contributed by atoms with Crippen LogP contribution in [0.5, 0.6) is 0 Å². The van der Waals surface area contributed by atoms with Gasteiger partial charge in [-0.3, -0.25) is 0 Å². The molecule has 0 unspecified atom stereocenters. The van der Waals surface area contributed by atoms with Gasteiger partial charge in [-0.15, -0.1) is 0 Å². The zero-order valence-corrected chi connectivity index (χ0v) is 15.3. The predicted molar refractivity (Wildman–Crippen MR) is 101 cm³/mol. The normalized spacial score (nSPS) is 11.7. The van der Waals surface area contributed by atoms with Gasteiger partial charge in [0.05, 0.1) is 11.3 Å². The van der Waals surface area contributed by atoms with Gasteiger partial charge in [-0.05, 0) is 42.3 Å². The first-order chi connectivity index (χ1) is 12.4. The number of rotatable bonds is 6. The van der Waals surface area contributed by atoms with Crippen LogP contribution in [0.15, 0.2) is 42.7 Å². The minimum absolute atomic E-state index is 0.0498. The Morgan fingerprint density at radius 3 is 2.54 bits per heavy atom. The lowest BCUT2D eigenvalue weighted by Gasteiger charge is -2.10. The quantitative estimate of drug-likeness (QED) is 0.693. The first-order valence-corrected chi connectivity index (χ1v) is 9.77. The molecule has 0 fully saturated rings. The van der Waals surface area contributed by atoms with E-state index in [9.17, 15) is 12.8 Å². The van der Waals surface area contributed by atoms with Crippen LogP contribution >= 0.6 is 0 Å². The Kier molecular flexibility index (Phi) is 5.15. The van der Waals surface area contributed by atoms with Gasteiger partial charge in [0.1, 0.15) is 18.0 Å². The second-order valence-corrected chi connectivity index (χ2v) is 7.83. The first kappa shape index (κ1) is 18.2. The predicted octanol–water partition coefficient (Wildman–Crippen LogP) is 2.92. The monoisotopic (exact) mass is 374 g/mol. The van der Waals surface area contributed by atoms with Gasteiger partial charge in [-0.2, -0.15) is 0 Å². The zero-order valence-electron chi connectivity index (χ0n) is 14.5. The van der Waals surface area contributed by atoms with E-state index >= 15 is 0 Å². The van der Waals surface area contributed by atoms with Crippen LogP contribution in [-0.2, 0) is 16.6 Å². The molecule has 6 nitrogen and oxygen atoms in total. The van der Waals surface area contributed by atoms with Gasteiger partial charge in [0.2, 0.25) is 10.0 Å². The standard InChI is InChI=1S/C18H19FN4O2S/c1-3-26(24,25)23-10-14-8-12(4-6-16(14)19)13-5-7-17-15(9-13)18(20-2)22-11-21-17/h4-9,11,23H,3,10H2,1-2H3,(H,20,21,22). The summed E-state index contributed by atoms with van der Waals surface area (Å²) in [7, 11) is -1.61. The molecular weight excluding hydrogens is 355 g/mol. The summed E-state index contributed by atoms with van der Waals surface area (Å²) in [5, 5.41) is 3.88. The minimum Gasteiger partial charge on any atom is -0.373 e. The smallest absolute Gasteiger partial charge is 0.211 e. The van der Waals surface area contributed by atoms with Crippen LogP contribution in [0.4, 0.5) is 10.2 Å². The Bertz CT molecular complexity index is 1050. The van der Waals surface area contributed by atoms with Crippen LogP contribution in [0, 0.1) is 5.82 Å². The number of fused-ring (bicyclic) bond motifs is 1. The fraction of sp³-hybridized carbons (Fsp3) is 0.222. The van der Waals surface area contributed by atoms with E-state index in [0.29, 0.717) is 5.82 Å². The molecule has 3 aromatic rings. The molecule has 0 aliphatic heterocycles. The molecule has 8 heteroatoms. The van der Waals surface area contributed by atoms with Gasteiger partial charge in [0.15, 0.2) is 0 Å². The summed E-state index contributed by atoms with van der Waals surface area (Å²) in [5.74, 6) is 0.202. The largest absolute Gasteiger partial charge is 0.373 e. The highest BCUT2D eigenvalue weighted by atomic mass is 32.2.